The van der Waals surface area contributed by atoms with Crippen molar-refractivity contribution in [2.24, 2.45) is 0 Å². The molecule has 186 valence electrons. The van der Waals surface area contributed by atoms with E-state index in [0.717, 1.165) is 39.4 Å². The van der Waals surface area contributed by atoms with Gasteiger partial charge in [0.15, 0.2) is 0 Å². The third-order valence-corrected chi connectivity index (χ3v) is 6.80. The number of para-hydroxylation sites is 1. The number of hydrogen-bond donors (Lipinski definition) is 0. The molecule has 3 heterocycles. The van der Waals surface area contributed by atoms with Gasteiger partial charge in [0.25, 0.3) is 11.8 Å². The first-order valence-electron chi connectivity index (χ1n) is 12.4. The smallest absolute Gasteiger partial charge is 0.271 e. The van der Waals surface area contributed by atoms with Gasteiger partial charge in [-0.1, -0.05) is 18.2 Å². The van der Waals surface area contributed by atoms with E-state index in [1.54, 1.807) is 31.5 Å². The average Bonchev–Trinajstić information content (AvgIpc) is 3.45. The first-order valence-corrected chi connectivity index (χ1v) is 12.4. The molecule has 2 aromatic carbocycles. The van der Waals surface area contributed by atoms with Gasteiger partial charge in [0.2, 0.25) is 0 Å². The maximum absolute atomic E-state index is 13.5. The van der Waals surface area contributed by atoms with Crippen molar-refractivity contribution in [1.82, 2.24) is 14.7 Å². The summed E-state index contributed by atoms with van der Waals surface area (Å²) in [5.74, 6) is -0.0485. The summed E-state index contributed by atoms with van der Waals surface area (Å²) in [4.78, 5) is 27.5. The monoisotopic (exact) mass is 492 g/mol. The Morgan fingerprint density at radius 2 is 1.86 bits per heavy atom. The largest absolute Gasteiger partial charge is 0.490 e. The molecule has 7 nitrogen and oxygen atoms in total. The van der Waals surface area contributed by atoms with E-state index in [1.165, 1.54) is 0 Å². The van der Waals surface area contributed by atoms with Crippen LogP contribution in [-0.4, -0.2) is 38.6 Å². The van der Waals surface area contributed by atoms with E-state index in [-0.39, 0.29) is 17.7 Å². The van der Waals surface area contributed by atoms with E-state index in [4.69, 9.17) is 9.84 Å². The molecule has 0 saturated heterocycles. The van der Waals surface area contributed by atoms with Crippen LogP contribution in [0, 0.1) is 18.3 Å². The number of carbonyl (C=O) groups is 2. The lowest BCUT2D eigenvalue weighted by atomic mass is 9.92. The number of carbonyl (C=O) groups excluding carboxylic acids is 2. The molecule has 0 radical (unpaired) electrons. The number of ether oxygens (including phenoxy) is 1. The van der Waals surface area contributed by atoms with Crippen LogP contribution in [0.4, 0.5) is 0 Å². The zero-order chi connectivity index (χ0) is 26.4. The van der Waals surface area contributed by atoms with Crippen LogP contribution < -0.4 is 4.74 Å². The summed E-state index contributed by atoms with van der Waals surface area (Å²) >= 11 is 0. The van der Waals surface area contributed by atoms with Crippen molar-refractivity contribution in [2.45, 2.75) is 53.2 Å². The first kappa shape index (κ1) is 24.3. The Morgan fingerprint density at radius 3 is 2.54 bits per heavy atom. The van der Waals surface area contributed by atoms with Gasteiger partial charge in [-0.3, -0.25) is 14.5 Å². The molecule has 0 spiro atoms. The zero-order valence-corrected chi connectivity index (χ0v) is 21.6. The molecular formula is C30H28N4O3. The van der Waals surface area contributed by atoms with Crippen LogP contribution >= 0.6 is 0 Å². The zero-order valence-electron chi connectivity index (χ0n) is 21.6. The molecule has 1 unspecified atom stereocenters. The van der Waals surface area contributed by atoms with E-state index in [9.17, 15) is 14.9 Å². The molecule has 0 aliphatic carbocycles. The fraction of sp³-hybridized carbons (Fsp3) is 0.267. The Kier molecular flexibility index (Phi) is 6.04. The van der Waals surface area contributed by atoms with Crippen molar-refractivity contribution in [3.63, 3.8) is 0 Å². The van der Waals surface area contributed by atoms with E-state index in [2.05, 4.69) is 13.0 Å². The van der Waals surface area contributed by atoms with Crippen LogP contribution in [0.3, 0.4) is 0 Å². The SMILES string of the molecule is CC1=C(C#N)C(=O)N(C(C)C)C(=O)/C1=C/c1cn(-c2ccccc2)nc1-c1cc(C)c2c(c1)CC(C)O2. The highest BCUT2D eigenvalue weighted by molar-refractivity contribution is 6.20. The third kappa shape index (κ3) is 4.15. The summed E-state index contributed by atoms with van der Waals surface area (Å²) in [6.07, 6.45) is 4.56. The van der Waals surface area contributed by atoms with Crippen molar-refractivity contribution >= 4 is 17.9 Å². The second kappa shape index (κ2) is 9.21. The Bertz CT molecular complexity index is 1540. The predicted molar refractivity (Wildman–Crippen MR) is 141 cm³/mol. The molecule has 2 aliphatic heterocycles. The van der Waals surface area contributed by atoms with Gasteiger partial charge >= 0.3 is 0 Å². The van der Waals surface area contributed by atoms with Gasteiger partial charge in [0, 0.05) is 35.4 Å². The Balaban J connectivity index is 1.72. The molecular weight excluding hydrogens is 464 g/mol. The summed E-state index contributed by atoms with van der Waals surface area (Å²) in [5, 5.41) is 14.6. The number of fused-ring (bicyclic) bond motifs is 1. The molecule has 2 amide bonds. The maximum Gasteiger partial charge on any atom is 0.271 e. The second-order valence-corrected chi connectivity index (χ2v) is 9.87. The molecule has 3 aromatic rings. The van der Waals surface area contributed by atoms with Gasteiger partial charge in [-0.25, -0.2) is 4.68 Å². The van der Waals surface area contributed by atoms with Crippen LogP contribution in [0.2, 0.25) is 0 Å². The van der Waals surface area contributed by atoms with Gasteiger partial charge in [0.05, 0.1) is 11.4 Å². The molecule has 0 fully saturated rings. The fourth-order valence-corrected chi connectivity index (χ4v) is 5.01. The van der Waals surface area contributed by atoms with Gasteiger partial charge in [-0.15, -0.1) is 0 Å². The average molecular weight is 493 g/mol. The highest BCUT2D eigenvalue weighted by Gasteiger charge is 2.37. The van der Waals surface area contributed by atoms with Crippen LogP contribution in [0.1, 0.15) is 44.4 Å². The minimum Gasteiger partial charge on any atom is -0.490 e. The quantitative estimate of drug-likeness (QED) is 0.370. The number of aromatic nitrogens is 2. The number of hydrogen-bond acceptors (Lipinski definition) is 5. The topological polar surface area (TPSA) is 88.2 Å². The second-order valence-electron chi connectivity index (χ2n) is 9.87. The van der Waals surface area contributed by atoms with Gasteiger partial charge in [-0.2, -0.15) is 10.4 Å². The van der Waals surface area contributed by atoms with Crippen molar-refractivity contribution < 1.29 is 14.3 Å². The molecule has 1 atom stereocenters. The molecule has 0 saturated carbocycles. The normalized spacial score (nSPS) is 18.5. The van der Waals surface area contributed by atoms with Crippen molar-refractivity contribution in [2.75, 3.05) is 0 Å². The van der Waals surface area contributed by atoms with Crippen LogP contribution in [-0.2, 0) is 16.0 Å². The van der Waals surface area contributed by atoms with E-state index in [0.29, 0.717) is 22.4 Å². The van der Waals surface area contributed by atoms with Gasteiger partial charge < -0.3 is 4.74 Å². The number of imide groups is 1. The highest BCUT2D eigenvalue weighted by atomic mass is 16.5. The highest BCUT2D eigenvalue weighted by Crippen LogP contribution is 2.38. The lowest BCUT2D eigenvalue weighted by Crippen LogP contribution is -2.46. The Hall–Kier alpha value is -4.44. The molecule has 5 rings (SSSR count). The number of benzene rings is 2. The predicted octanol–water partition coefficient (Wildman–Crippen LogP) is 5.17. The molecule has 0 bridgehead atoms. The number of aryl methyl sites for hydroxylation is 1. The fourth-order valence-electron chi connectivity index (χ4n) is 5.01. The Labute approximate surface area is 216 Å². The lowest BCUT2D eigenvalue weighted by molar-refractivity contribution is -0.142. The van der Waals surface area contributed by atoms with Crippen LogP contribution in [0.15, 0.2) is 65.4 Å². The van der Waals surface area contributed by atoms with Crippen molar-refractivity contribution in [1.29, 1.82) is 5.26 Å². The van der Waals surface area contributed by atoms with Crippen LogP contribution in [0.5, 0.6) is 5.75 Å². The molecule has 37 heavy (non-hydrogen) atoms. The number of nitrogens with zero attached hydrogens (tertiary/aromatic N) is 4. The molecule has 0 N–H and O–H groups in total. The van der Waals surface area contributed by atoms with Crippen molar-refractivity contribution in [3.8, 4) is 28.8 Å². The summed E-state index contributed by atoms with van der Waals surface area (Å²) in [5.41, 5.74) is 6.04. The molecule has 2 aliphatic rings. The Morgan fingerprint density at radius 1 is 1.14 bits per heavy atom. The summed E-state index contributed by atoms with van der Waals surface area (Å²) in [6, 6.07) is 15.5. The number of amides is 2. The minimum absolute atomic E-state index is 0.0175. The van der Waals surface area contributed by atoms with E-state index in [1.807, 2.05) is 55.6 Å². The molecule has 1 aromatic heterocycles. The molecule has 7 heteroatoms. The standard InChI is InChI=1S/C30H28N4O3/c1-17(2)34-29(35)25(20(5)26(15-31)30(34)36)14-23-16-33(24-9-7-6-8-10-24)32-27(23)21-11-18(3)28-22(13-21)12-19(4)37-28/h6-11,13-14,16-17,19H,12H2,1-5H3/b25-14+. The summed E-state index contributed by atoms with van der Waals surface area (Å²) < 4.78 is 7.78. The summed E-state index contributed by atoms with van der Waals surface area (Å²) in [7, 11) is 0. The van der Waals surface area contributed by atoms with Crippen LogP contribution in [0.25, 0.3) is 23.0 Å². The number of rotatable bonds is 4. The maximum atomic E-state index is 13.5. The third-order valence-electron chi connectivity index (χ3n) is 6.80. The number of nitriles is 1. The van der Waals surface area contributed by atoms with E-state index < -0.39 is 11.8 Å². The summed E-state index contributed by atoms with van der Waals surface area (Å²) in [6.45, 7) is 9.25. The van der Waals surface area contributed by atoms with Gasteiger partial charge in [0.1, 0.15) is 23.5 Å². The lowest BCUT2D eigenvalue weighted by Gasteiger charge is -2.30. The van der Waals surface area contributed by atoms with Crippen molar-refractivity contribution in [3.05, 3.63) is 82.1 Å². The minimum atomic E-state index is -0.555. The first-order chi connectivity index (χ1) is 17.7. The van der Waals surface area contributed by atoms with Gasteiger partial charge in [-0.05, 0) is 81.7 Å². The van der Waals surface area contributed by atoms with E-state index >= 15 is 0 Å².